The van der Waals surface area contributed by atoms with Gasteiger partial charge in [0.25, 0.3) is 0 Å². The van der Waals surface area contributed by atoms with Crippen molar-refractivity contribution in [2.45, 2.75) is 6.54 Å². The van der Waals surface area contributed by atoms with E-state index in [1.54, 1.807) is 19.2 Å². The number of hydrogen-bond acceptors (Lipinski definition) is 2. The van der Waals surface area contributed by atoms with Gasteiger partial charge in [0.1, 0.15) is 18.2 Å². The highest BCUT2D eigenvalue weighted by Gasteiger charge is 2.02. The van der Waals surface area contributed by atoms with Crippen molar-refractivity contribution in [3.05, 3.63) is 66.0 Å². The highest BCUT2D eigenvalue weighted by molar-refractivity contribution is 14.0. The van der Waals surface area contributed by atoms with Gasteiger partial charge >= 0.3 is 0 Å². The Kier molecular flexibility index (Phi) is 9.04. The Morgan fingerprint density at radius 1 is 1.04 bits per heavy atom. The third kappa shape index (κ3) is 6.85. The first-order chi connectivity index (χ1) is 10.8. The molecule has 0 fully saturated rings. The Labute approximate surface area is 153 Å². The van der Waals surface area contributed by atoms with Crippen molar-refractivity contribution in [3.8, 4) is 5.75 Å². The van der Waals surface area contributed by atoms with E-state index >= 15 is 0 Å². The van der Waals surface area contributed by atoms with Gasteiger partial charge in [-0.3, -0.25) is 4.99 Å². The summed E-state index contributed by atoms with van der Waals surface area (Å²) < 4.78 is 19.1. The number of para-hydroxylation sites is 1. The van der Waals surface area contributed by atoms with Crippen LogP contribution in [0.1, 0.15) is 5.56 Å². The molecule has 124 valence electrons. The van der Waals surface area contributed by atoms with E-state index in [1.807, 2.05) is 36.4 Å². The number of nitrogens with zero attached hydrogens (tertiary/aromatic N) is 1. The van der Waals surface area contributed by atoms with E-state index in [4.69, 9.17) is 4.74 Å². The first kappa shape index (κ1) is 19.2. The second-order valence-corrected chi connectivity index (χ2v) is 4.61. The van der Waals surface area contributed by atoms with Gasteiger partial charge in [0.15, 0.2) is 5.96 Å². The van der Waals surface area contributed by atoms with Crippen LogP contribution in [0, 0.1) is 5.82 Å². The Morgan fingerprint density at radius 2 is 1.74 bits per heavy atom. The van der Waals surface area contributed by atoms with Crippen molar-refractivity contribution >= 4 is 29.9 Å². The van der Waals surface area contributed by atoms with Crippen LogP contribution in [0.3, 0.4) is 0 Å². The van der Waals surface area contributed by atoms with E-state index in [1.165, 1.54) is 6.07 Å². The number of guanidine groups is 1. The molecule has 0 aromatic heterocycles. The minimum Gasteiger partial charge on any atom is -0.492 e. The van der Waals surface area contributed by atoms with Gasteiger partial charge < -0.3 is 15.4 Å². The molecular formula is C17H21FIN3O. The molecule has 4 nitrogen and oxygen atoms in total. The van der Waals surface area contributed by atoms with Crippen molar-refractivity contribution in [1.82, 2.24) is 10.6 Å². The fourth-order valence-electron chi connectivity index (χ4n) is 1.90. The zero-order valence-electron chi connectivity index (χ0n) is 13.0. The molecule has 0 saturated heterocycles. The molecule has 2 aromatic carbocycles. The predicted octanol–water partition coefficient (Wildman–Crippen LogP) is 3.19. The number of aliphatic imine (C=N–C) groups is 1. The molecule has 0 atom stereocenters. The molecule has 0 amide bonds. The third-order valence-electron chi connectivity index (χ3n) is 3.03. The van der Waals surface area contributed by atoms with Crippen LogP contribution in [0.5, 0.6) is 5.75 Å². The summed E-state index contributed by atoms with van der Waals surface area (Å²) in [4.78, 5) is 4.09. The largest absolute Gasteiger partial charge is 0.492 e. The van der Waals surface area contributed by atoms with Gasteiger partial charge in [-0.1, -0.05) is 36.4 Å². The van der Waals surface area contributed by atoms with E-state index in [2.05, 4.69) is 15.6 Å². The highest BCUT2D eigenvalue weighted by Crippen LogP contribution is 2.07. The van der Waals surface area contributed by atoms with Crippen LogP contribution in [0.25, 0.3) is 0 Å². The molecule has 0 saturated carbocycles. The topological polar surface area (TPSA) is 45.7 Å². The molecular weight excluding hydrogens is 408 g/mol. The van der Waals surface area contributed by atoms with Gasteiger partial charge in [0, 0.05) is 19.2 Å². The molecule has 2 rings (SSSR count). The van der Waals surface area contributed by atoms with Crippen LogP contribution >= 0.6 is 24.0 Å². The van der Waals surface area contributed by atoms with Crippen molar-refractivity contribution in [2.24, 2.45) is 4.99 Å². The van der Waals surface area contributed by atoms with E-state index in [-0.39, 0.29) is 29.8 Å². The lowest BCUT2D eigenvalue weighted by Gasteiger charge is -2.13. The first-order valence-electron chi connectivity index (χ1n) is 7.15. The molecule has 0 aliphatic carbocycles. The van der Waals surface area contributed by atoms with Crippen LogP contribution in [0.2, 0.25) is 0 Å². The summed E-state index contributed by atoms with van der Waals surface area (Å²) in [6, 6.07) is 16.3. The van der Waals surface area contributed by atoms with Crippen molar-refractivity contribution in [1.29, 1.82) is 0 Å². The molecule has 2 N–H and O–H groups in total. The SMILES string of the molecule is CN=C(NCCOc1ccccc1)NCc1ccccc1F.I. The summed E-state index contributed by atoms with van der Waals surface area (Å²) in [5.41, 5.74) is 0.603. The fourth-order valence-corrected chi connectivity index (χ4v) is 1.90. The maximum atomic E-state index is 13.5. The maximum absolute atomic E-state index is 13.5. The second-order valence-electron chi connectivity index (χ2n) is 4.61. The third-order valence-corrected chi connectivity index (χ3v) is 3.03. The number of nitrogens with one attached hydrogen (secondary N) is 2. The normalized spacial score (nSPS) is 10.6. The zero-order chi connectivity index (χ0) is 15.6. The Bertz CT molecular complexity index is 608. The number of rotatable bonds is 6. The minimum absolute atomic E-state index is 0. The lowest BCUT2D eigenvalue weighted by molar-refractivity contribution is 0.322. The summed E-state index contributed by atoms with van der Waals surface area (Å²) in [6.07, 6.45) is 0. The van der Waals surface area contributed by atoms with Gasteiger partial charge in [-0.05, 0) is 18.2 Å². The second kappa shape index (κ2) is 10.8. The highest BCUT2D eigenvalue weighted by atomic mass is 127. The molecule has 0 heterocycles. The Morgan fingerprint density at radius 3 is 2.43 bits per heavy atom. The first-order valence-corrected chi connectivity index (χ1v) is 7.15. The van der Waals surface area contributed by atoms with Gasteiger partial charge in [0.05, 0.1) is 6.54 Å². The summed E-state index contributed by atoms with van der Waals surface area (Å²) >= 11 is 0. The summed E-state index contributed by atoms with van der Waals surface area (Å²) in [5, 5.41) is 6.19. The monoisotopic (exact) mass is 429 g/mol. The molecule has 0 spiro atoms. The molecule has 0 unspecified atom stereocenters. The Hall–Kier alpha value is -1.83. The number of ether oxygens (including phenoxy) is 1. The quantitative estimate of drug-likeness (QED) is 0.321. The van der Waals surface area contributed by atoms with Gasteiger partial charge in [-0.2, -0.15) is 0 Å². The van der Waals surface area contributed by atoms with Crippen LogP contribution < -0.4 is 15.4 Å². The maximum Gasteiger partial charge on any atom is 0.191 e. The Balaban J connectivity index is 0.00000264. The van der Waals surface area contributed by atoms with E-state index < -0.39 is 0 Å². The van der Waals surface area contributed by atoms with Gasteiger partial charge in [-0.15, -0.1) is 24.0 Å². The average molecular weight is 429 g/mol. The predicted molar refractivity (Wildman–Crippen MR) is 102 cm³/mol. The summed E-state index contributed by atoms with van der Waals surface area (Å²) in [5.74, 6) is 1.22. The molecule has 2 aromatic rings. The lowest BCUT2D eigenvalue weighted by Crippen LogP contribution is -2.39. The summed E-state index contributed by atoms with van der Waals surface area (Å²) in [6.45, 7) is 1.50. The van der Waals surface area contributed by atoms with Crippen molar-refractivity contribution < 1.29 is 9.13 Å². The zero-order valence-corrected chi connectivity index (χ0v) is 15.3. The summed E-state index contributed by atoms with van der Waals surface area (Å²) in [7, 11) is 1.68. The lowest BCUT2D eigenvalue weighted by atomic mass is 10.2. The van der Waals surface area contributed by atoms with E-state index in [0.29, 0.717) is 31.2 Å². The van der Waals surface area contributed by atoms with Gasteiger partial charge in [-0.25, -0.2) is 4.39 Å². The molecule has 23 heavy (non-hydrogen) atoms. The van der Waals surface area contributed by atoms with Crippen LogP contribution in [0.15, 0.2) is 59.6 Å². The minimum atomic E-state index is -0.224. The van der Waals surface area contributed by atoms with E-state index in [9.17, 15) is 4.39 Å². The van der Waals surface area contributed by atoms with Crippen molar-refractivity contribution in [2.75, 3.05) is 20.2 Å². The van der Waals surface area contributed by atoms with Gasteiger partial charge in [0.2, 0.25) is 0 Å². The number of hydrogen-bond donors (Lipinski definition) is 2. The average Bonchev–Trinajstić information content (AvgIpc) is 2.56. The molecule has 0 aliphatic rings. The molecule has 0 aliphatic heterocycles. The van der Waals surface area contributed by atoms with Crippen LogP contribution in [-0.4, -0.2) is 26.2 Å². The number of halogens is 2. The van der Waals surface area contributed by atoms with Crippen molar-refractivity contribution in [3.63, 3.8) is 0 Å². The van der Waals surface area contributed by atoms with Crippen LogP contribution in [0.4, 0.5) is 4.39 Å². The molecule has 0 bridgehead atoms. The fraction of sp³-hybridized carbons (Fsp3) is 0.235. The molecule has 0 radical (unpaired) electrons. The smallest absolute Gasteiger partial charge is 0.191 e. The standard InChI is InChI=1S/C17H20FN3O.HI/c1-19-17(21-13-14-7-5-6-10-16(14)18)20-11-12-22-15-8-3-2-4-9-15;/h2-10H,11-13H2,1H3,(H2,19,20,21);1H. The number of benzene rings is 2. The molecule has 6 heteroatoms. The van der Waals surface area contributed by atoms with E-state index in [0.717, 1.165) is 5.75 Å². The van der Waals surface area contributed by atoms with Crippen LogP contribution in [-0.2, 0) is 6.54 Å².